The van der Waals surface area contributed by atoms with E-state index in [-0.39, 0.29) is 18.5 Å². The molecule has 0 heterocycles. The Bertz CT molecular complexity index is 351. The molecule has 18 heavy (non-hydrogen) atoms. The molecule has 0 atom stereocenters. The van der Waals surface area contributed by atoms with Gasteiger partial charge in [0.25, 0.3) is 0 Å². The van der Waals surface area contributed by atoms with Crippen LogP contribution >= 0.6 is 0 Å². The van der Waals surface area contributed by atoms with Crippen molar-refractivity contribution in [3.8, 4) is 0 Å². The highest BCUT2D eigenvalue weighted by Crippen LogP contribution is 2.32. The lowest BCUT2D eigenvalue weighted by atomic mass is 9.93. The van der Waals surface area contributed by atoms with E-state index >= 15 is 0 Å². The van der Waals surface area contributed by atoms with Crippen LogP contribution in [0.25, 0.3) is 0 Å². The Kier molecular flexibility index (Phi) is 3.89. The van der Waals surface area contributed by atoms with E-state index in [1.54, 1.807) is 0 Å². The second-order valence-corrected chi connectivity index (χ2v) is 5.30. The van der Waals surface area contributed by atoms with Crippen LogP contribution in [0, 0.1) is 0 Å². The van der Waals surface area contributed by atoms with Gasteiger partial charge in [-0.1, -0.05) is 25.0 Å². The zero-order valence-corrected chi connectivity index (χ0v) is 10.4. The van der Waals surface area contributed by atoms with E-state index in [1.165, 1.54) is 0 Å². The molecule has 0 unspecified atom stereocenters. The summed E-state index contributed by atoms with van der Waals surface area (Å²) in [6, 6.07) is -0.0693. The molecular formula is C13H20N2O3. The molecule has 0 aromatic carbocycles. The third-order valence-electron chi connectivity index (χ3n) is 3.77. The number of carboxylic acid groups (broad SMARTS) is 1. The number of carboxylic acids is 1. The minimum atomic E-state index is -0.847. The number of aliphatic carboxylic acids is 1. The van der Waals surface area contributed by atoms with Gasteiger partial charge in [0, 0.05) is 6.04 Å². The van der Waals surface area contributed by atoms with Crippen LogP contribution in [0.15, 0.2) is 12.2 Å². The van der Waals surface area contributed by atoms with Gasteiger partial charge in [-0.2, -0.15) is 0 Å². The molecule has 0 aromatic rings. The molecule has 2 aliphatic rings. The van der Waals surface area contributed by atoms with E-state index < -0.39 is 11.5 Å². The summed E-state index contributed by atoms with van der Waals surface area (Å²) < 4.78 is 0. The highest BCUT2D eigenvalue weighted by Gasteiger charge is 2.37. The molecule has 1 fully saturated rings. The van der Waals surface area contributed by atoms with Crippen molar-refractivity contribution < 1.29 is 14.7 Å². The van der Waals surface area contributed by atoms with Crippen LogP contribution in [0.2, 0.25) is 0 Å². The fourth-order valence-corrected chi connectivity index (χ4v) is 2.88. The molecule has 5 heteroatoms. The van der Waals surface area contributed by atoms with Crippen LogP contribution in [0.1, 0.15) is 44.9 Å². The van der Waals surface area contributed by atoms with Gasteiger partial charge in [0.2, 0.25) is 0 Å². The van der Waals surface area contributed by atoms with Gasteiger partial charge < -0.3 is 15.7 Å². The molecular weight excluding hydrogens is 232 g/mol. The molecule has 1 saturated carbocycles. The number of urea groups is 1. The van der Waals surface area contributed by atoms with Crippen LogP contribution < -0.4 is 10.6 Å². The number of carbonyl (C=O) groups is 2. The van der Waals surface area contributed by atoms with Crippen LogP contribution in [-0.2, 0) is 4.79 Å². The van der Waals surface area contributed by atoms with Crippen molar-refractivity contribution in [2.75, 3.05) is 0 Å². The van der Waals surface area contributed by atoms with Gasteiger partial charge in [-0.25, -0.2) is 4.79 Å². The zero-order valence-electron chi connectivity index (χ0n) is 10.4. The molecule has 0 bridgehead atoms. The fourth-order valence-electron chi connectivity index (χ4n) is 2.88. The summed E-state index contributed by atoms with van der Waals surface area (Å²) in [6.45, 7) is 0. The second-order valence-electron chi connectivity index (χ2n) is 5.30. The Labute approximate surface area is 107 Å². The number of hydrogen-bond donors (Lipinski definition) is 3. The summed E-state index contributed by atoms with van der Waals surface area (Å²) in [7, 11) is 0. The number of hydrogen-bond acceptors (Lipinski definition) is 2. The summed E-state index contributed by atoms with van der Waals surface area (Å²) in [5.41, 5.74) is -0.540. The number of amides is 2. The summed E-state index contributed by atoms with van der Waals surface area (Å²) in [4.78, 5) is 22.8. The average molecular weight is 252 g/mol. The molecule has 0 saturated heterocycles. The Morgan fingerprint density at radius 3 is 2.39 bits per heavy atom. The Morgan fingerprint density at radius 1 is 1.22 bits per heavy atom. The largest absolute Gasteiger partial charge is 0.481 e. The normalized spacial score (nSPS) is 22.0. The summed E-state index contributed by atoms with van der Waals surface area (Å²) >= 11 is 0. The van der Waals surface area contributed by atoms with E-state index in [4.69, 9.17) is 5.11 Å². The quantitative estimate of drug-likeness (QED) is 0.667. The van der Waals surface area contributed by atoms with Gasteiger partial charge in [0.1, 0.15) is 0 Å². The molecule has 0 aromatic heterocycles. The SMILES string of the molecule is O=C(O)CC1(NC(=O)NC2CC=CC2)CCCC1. The first-order chi connectivity index (χ1) is 8.60. The Hall–Kier alpha value is -1.52. The van der Waals surface area contributed by atoms with Gasteiger partial charge in [0.15, 0.2) is 0 Å². The van der Waals surface area contributed by atoms with Crippen molar-refractivity contribution >= 4 is 12.0 Å². The minimum absolute atomic E-state index is 0.0172. The molecule has 0 spiro atoms. The lowest BCUT2D eigenvalue weighted by Gasteiger charge is -2.29. The highest BCUT2D eigenvalue weighted by atomic mass is 16.4. The van der Waals surface area contributed by atoms with Crippen molar-refractivity contribution in [2.45, 2.75) is 56.5 Å². The van der Waals surface area contributed by atoms with E-state index in [9.17, 15) is 9.59 Å². The van der Waals surface area contributed by atoms with Crippen molar-refractivity contribution in [1.29, 1.82) is 0 Å². The van der Waals surface area contributed by atoms with E-state index in [0.717, 1.165) is 38.5 Å². The lowest BCUT2D eigenvalue weighted by Crippen LogP contribution is -2.53. The van der Waals surface area contributed by atoms with Gasteiger partial charge in [0.05, 0.1) is 12.0 Å². The Morgan fingerprint density at radius 2 is 1.83 bits per heavy atom. The second kappa shape index (κ2) is 5.42. The first-order valence-electron chi connectivity index (χ1n) is 6.55. The van der Waals surface area contributed by atoms with Gasteiger partial charge in [-0.05, 0) is 25.7 Å². The summed E-state index contributed by atoms with van der Waals surface area (Å²) in [5.74, 6) is -0.847. The molecule has 2 aliphatic carbocycles. The van der Waals surface area contributed by atoms with E-state index in [1.807, 2.05) is 12.2 Å². The third-order valence-corrected chi connectivity index (χ3v) is 3.77. The van der Waals surface area contributed by atoms with Gasteiger partial charge in [-0.15, -0.1) is 0 Å². The molecule has 3 N–H and O–H groups in total. The maximum Gasteiger partial charge on any atom is 0.315 e. The van der Waals surface area contributed by atoms with Gasteiger partial charge in [-0.3, -0.25) is 4.79 Å². The number of carbonyl (C=O) groups excluding carboxylic acids is 1. The van der Waals surface area contributed by atoms with Crippen LogP contribution in [0.4, 0.5) is 4.79 Å². The highest BCUT2D eigenvalue weighted by molar-refractivity contribution is 5.77. The van der Waals surface area contributed by atoms with E-state index in [2.05, 4.69) is 10.6 Å². The third kappa shape index (κ3) is 3.24. The number of rotatable bonds is 4. The monoisotopic (exact) mass is 252 g/mol. The average Bonchev–Trinajstić information content (AvgIpc) is 2.89. The van der Waals surface area contributed by atoms with E-state index in [0.29, 0.717) is 0 Å². The van der Waals surface area contributed by atoms with Crippen molar-refractivity contribution in [1.82, 2.24) is 10.6 Å². The fraction of sp³-hybridized carbons (Fsp3) is 0.692. The van der Waals surface area contributed by atoms with Gasteiger partial charge >= 0.3 is 12.0 Å². The first-order valence-corrected chi connectivity index (χ1v) is 6.55. The lowest BCUT2D eigenvalue weighted by molar-refractivity contribution is -0.138. The topological polar surface area (TPSA) is 78.4 Å². The summed E-state index contributed by atoms with van der Waals surface area (Å²) in [6.07, 6.45) is 9.32. The zero-order chi connectivity index (χ0) is 13.0. The molecule has 0 aliphatic heterocycles. The molecule has 2 amide bonds. The van der Waals surface area contributed by atoms with Crippen LogP contribution in [0.3, 0.4) is 0 Å². The molecule has 100 valence electrons. The van der Waals surface area contributed by atoms with Crippen molar-refractivity contribution in [3.05, 3.63) is 12.2 Å². The summed E-state index contributed by atoms with van der Waals surface area (Å²) in [5, 5.41) is 14.7. The Balaban J connectivity index is 1.87. The van der Waals surface area contributed by atoms with Crippen molar-refractivity contribution in [2.24, 2.45) is 0 Å². The standard InChI is InChI=1S/C13H20N2O3/c16-11(17)9-13(7-3-4-8-13)15-12(18)14-10-5-1-2-6-10/h1-2,10H,3-9H2,(H,16,17)(H2,14,15,18). The maximum absolute atomic E-state index is 11.9. The number of nitrogens with one attached hydrogen (secondary N) is 2. The predicted molar refractivity (Wildman–Crippen MR) is 67.3 cm³/mol. The molecule has 2 rings (SSSR count). The van der Waals surface area contributed by atoms with Crippen molar-refractivity contribution in [3.63, 3.8) is 0 Å². The minimum Gasteiger partial charge on any atom is -0.481 e. The molecule has 0 radical (unpaired) electrons. The predicted octanol–water partition coefficient (Wildman–Crippen LogP) is 1.79. The maximum atomic E-state index is 11.9. The smallest absolute Gasteiger partial charge is 0.315 e. The first kappa shape index (κ1) is 12.9. The van der Waals surface area contributed by atoms with Crippen LogP contribution in [-0.4, -0.2) is 28.7 Å². The molecule has 5 nitrogen and oxygen atoms in total. The van der Waals surface area contributed by atoms with Crippen LogP contribution in [0.5, 0.6) is 0 Å².